The summed E-state index contributed by atoms with van der Waals surface area (Å²) in [5.74, 6) is -1.19. The number of hydrogen-bond acceptors (Lipinski definition) is 5. The van der Waals surface area contributed by atoms with Crippen molar-refractivity contribution in [3.63, 3.8) is 0 Å². The van der Waals surface area contributed by atoms with Gasteiger partial charge in [0.05, 0.1) is 23.5 Å². The third-order valence-electron chi connectivity index (χ3n) is 5.01. The van der Waals surface area contributed by atoms with Crippen molar-refractivity contribution in [2.75, 3.05) is 11.9 Å². The largest absolute Gasteiger partial charge is 0.456 e. The van der Waals surface area contributed by atoms with Crippen LogP contribution in [0.3, 0.4) is 0 Å². The van der Waals surface area contributed by atoms with Crippen molar-refractivity contribution in [2.45, 2.75) is 26.7 Å². The average molecular weight is 419 g/mol. The Bertz CT molecular complexity index is 1090. The number of aryl methyl sites for hydroxylation is 2. The van der Waals surface area contributed by atoms with Gasteiger partial charge in [-0.05, 0) is 25.0 Å². The number of nitrogens with one attached hydrogen (secondary N) is 1. The number of amides is 1. The van der Waals surface area contributed by atoms with Crippen LogP contribution in [0.15, 0.2) is 54.6 Å². The second-order valence-electron chi connectivity index (χ2n) is 7.24. The Morgan fingerprint density at radius 2 is 1.58 bits per heavy atom. The maximum absolute atomic E-state index is 12.4. The van der Waals surface area contributed by atoms with Crippen molar-refractivity contribution in [1.29, 1.82) is 0 Å². The highest BCUT2D eigenvalue weighted by Crippen LogP contribution is 2.20. The minimum atomic E-state index is -0.593. The van der Waals surface area contributed by atoms with Gasteiger partial charge in [0.2, 0.25) is 0 Å². The van der Waals surface area contributed by atoms with Gasteiger partial charge in [-0.3, -0.25) is 19.1 Å². The number of hydrogen-bond donors (Lipinski definition) is 1. The molecule has 2 aromatic carbocycles. The molecule has 0 aliphatic heterocycles. The third-order valence-corrected chi connectivity index (χ3v) is 5.01. The summed E-state index contributed by atoms with van der Waals surface area (Å²) in [7, 11) is 1.78. The van der Waals surface area contributed by atoms with E-state index in [4.69, 9.17) is 4.74 Å². The van der Waals surface area contributed by atoms with E-state index in [0.29, 0.717) is 16.9 Å². The summed E-state index contributed by atoms with van der Waals surface area (Å²) in [4.78, 5) is 36.3. The summed E-state index contributed by atoms with van der Waals surface area (Å²) in [5.41, 5.74) is 4.72. The summed E-state index contributed by atoms with van der Waals surface area (Å²) in [6, 6.07) is 17.1. The van der Waals surface area contributed by atoms with Crippen molar-refractivity contribution in [3.05, 3.63) is 71.5 Å². The average Bonchev–Trinajstić information content (AvgIpc) is 3.02. The Morgan fingerprint density at radius 1 is 0.935 bits per heavy atom. The molecular formula is C24H25N3O4. The number of carbonyl (C=O) groups is 3. The molecule has 31 heavy (non-hydrogen) atoms. The molecule has 0 aliphatic rings. The SMILES string of the molecule is Cc1nn(C)c(C)c1NC(=O)COC(=O)CCC(=O)c1ccc(-c2ccccc2)cc1. The summed E-state index contributed by atoms with van der Waals surface area (Å²) >= 11 is 0. The predicted octanol–water partition coefficient (Wildman–Crippen LogP) is 3.85. The van der Waals surface area contributed by atoms with Gasteiger partial charge in [-0.15, -0.1) is 0 Å². The van der Waals surface area contributed by atoms with Gasteiger partial charge in [0, 0.05) is 19.0 Å². The van der Waals surface area contributed by atoms with Gasteiger partial charge in [0.25, 0.3) is 5.91 Å². The summed E-state index contributed by atoms with van der Waals surface area (Å²) in [6.07, 6.45) is -0.0660. The third kappa shape index (κ3) is 5.66. The topological polar surface area (TPSA) is 90.3 Å². The van der Waals surface area contributed by atoms with Gasteiger partial charge in [-0.25, -0.2) is 0 Å². The Kier molecular flexibility index (Phi) is 6.97. The van der Waals surface area contributed by atoms with Crippen molar-refractivity contribution in [2.24, 2.45) is 7.05 Å². The Labute approximate surface area is 181 Å². The molecule has 1 N–H and O–H groups in total. The first-order valence-electron chi connectivity index (χ1n) is 9.99. The lowest BCUT2D eigenvalue weighted by Crippen LogP contribution is -2.21. The number of ketones is 1. The summed E-state index contributed by atoms with van der Waals surface area (Å²) in [6.45, 7) is 3.21. The molecule has 1 aromatic heterocycles. The number of nitrogens with zero attached hydrogens (tertiary/aromatic N) is 2. The molecule has 0 aliphatic carbocycles. The molecule has 3 aromatic rings. The number of benzene rings is 2. The standard InChI is InChI=1S/C24H25N3O4/c1-16-24(17(2)27(3)26-16)25-22(29)15-31-23(30)14-13-21(28)20-11-9-19(10-12-20)18-7-5-4-6-8-18/h4-12H,13-15H2,1-3H3,(H,25,29). The van der Waals surface area contributed by atoms with E-state index in [1.807, 2.05) is 49.4 Å². The highest BCUT2D eigenvalue weighted by Gasteiger charge is 2.15. The van der Waals surface area contributed by atoms with Crippen LogP contribution in [0.5, 0.6) is 0 Å². The molecule has 7 heteroatoms. The highest BCUT2D eigenvalue weighted by molar-refractivity contribution is 5.98. The molecule has 3 rings (SSSR count). The van der Waals surface area contributed by atoms with E-state index in [-0.39, 0.29) is 18.6 Å². The quantitative estimate of drug-likeness (QED) is 0.442. The van der Waals surface area contributed by atoms with E-state index in [2.05, 4.69) is 10.4 Å². The predicted molar refractivity (Wildman–Crippen MR) is 118 cm³/mol. The molecule has 0 radical (unpaired) electrons. The molecule has 0 bridgehead atoms. The number of Topliss-reactive ketones (excluding diaryl/α,β-unsaturated/α-hetero) is 1. The zero-order valence-corrected chi connectivity index (χ0v) is 17.8. The van der Waals surface area contributed by atoms with Crippen LogP contribution in [-0.4, -0.2) is 34.0 Å². The minimum absolute atomic E-state index is 0.0198. The minimum Gasteiger partial charge on any atom is -0.456 e. The first-order valence-corrected chi connectivity index (χ1v) is 9.99. The van der Waals surface area contributed by atoms with Crippen molar-refractivity contribution >= 4 is 23.3 Å². The van der Waals surface area contributed by atoms with Gasteiger partial charge in [-0.2, -0.15) is 5.10 Å². The monoisotopic (exact) mass is 419 g/mol. The number of ether oxygens (including phenoxy) is 1. The molecule has 1 heterocycles. The Balaban J connectivity index is 1.45. The number of aromatic nitrogens is 2. The molecule has 0 fully saturated rings. The van der Waals surface area contributed by atoms with E-state index >= 15 is 0 Å². The number of rotatable bonds is 8. The number of carbonyl (C=O) groups excluding carboxylic acids is 3. The summed E-state index contributed by atoms with van der Waals surface area (Å²) in [5, 5.41) is 6.91. The van der Waals surface area contributed by atoms with Crippen LogP contribution in [0.4, 0.5) is 5.69 Å². The fraction of sp³-hybridized carbons (Fsp3) is 0.250. The lowest BCUT2D eigenvalue weighted by atomic mass is 10.0. The zero-order valence-electron chi connectivity index (χ0n) is 17.8. The fourth-order valence-electron chi connectivity index (χ4n) is 3.19. The highest BCUT2D eigenvalue weighted by atomic mass is 16.5. The van der Waals surface area contributed by atoms with E-state index in [1.54, 1.807) is 30.8 Å². The van der Waals surface area contributed by atoms with Crippen LogP contribution in [0.25, 0.3) is 11.1 Å². The smallest absolute Gasteiger partial charge is 0.306 e. The zero-order chi connectivity index (χ0) is 22.4. The Hall–Kier alpha value is -3.74. The van der Waals surface area contributed by atoms with E-state index in [9.17, 15) is 14.4 Å². The molecule has 0 unspecified atom stereocenters. The maximum atomic E-state index is 12.4. The van der Waals surface area contributed by atoms with Crippen LogP contribution in [0.1, 0.15) is 34.6 Å². The van der Waals surface area contributed by atoms with Gasteiger partial charge in [0.15, 0.2) is 12.4 Å². The van der Waals surface area contributed by atoms with Gasteiger partial charge < -0.3 is 10.1 Å². The lowest BCUT2D eigenvalue weighted by molar-refractivity contribution is -0.147. The van der Waals surface area contributed by atoms with E-state index < -0.39 is 18.5 Å². The molecule has 1 amide bonds. The van der Waals surface area contributed by atoms with Crippen LogP contribution in [0, 0.1) is 13.8 Å². The second kappa shape index (κ2) is 9.84. The Morgan fingerprint density at radius 3 is 2.19 bits per heavy atom. The molecule has 160 valence electrons. The first-order chi connectivity index (χ1) is 14.8. The molecule has 0 saturated carbocycles. The van der Waals surface area contributed by atoms with Crippen LogP contribution < -0.4 is 5.32 Å². The second-order valence-corrected chi connectivity index (χ2v) is 7.24. The fourth-order valence-corrected chi connectivity index (χ4v) is 3.19. The van der Waals surface area contributed by atoms with Crippen molar-refractivity contribution in [1.82, 2.24) is 9.78 Å². The van der Waals surface area contributed by atoms with Crippen LogP contribution in [-0.2, 0) is 21.4 Å². The number of anilines is 1. The first kappa shape index (κ1) is 22.0. The van der Waals surface area contributed by atoms with E-state index in [0.717, 1.165) is 16.8 Å². The van der Waals surface area contributed by atoms with Crippen LogP contribution >= 0.6 is 0 Å². The van der Waals surface area contributed by atoms with Crippen LogP contribution in [0.2, 0.25) is 0 Å². The number of esters is 1. The van der Waals surface area contributed by atoms with Gasteiger partial charge >= 0.3 is 5.97 Å². The lowest BCUT2D eigenvalue weighted by Gasteiger charge is -2.07. The van der Waals surface area contributed by atoms with Crippen molar-refractivity contribution < 1.29 is 19.1 Å². The summed E-state index contributed by atoms with van der Waals surface area (Å²) < 4.78 is 6.66. The molecule has 0 saturated heterocycles. The maximum Gasteiger partial charge on any atom is 0.306 e. The molecule has 7 nitrogen and oxygen atoms in total. The normalized spacial score (nSPS) is 10.5. The van der Waals surface area contributed by atoms with Gasteiger partial charge in [-0.1, -0.05) is 54.6 Å². The van der Waals surface area contributed by atoms with E-state index in [1.165, 1.54) is 0 Å². The molecule has 0 atom stereocenters. The molecular weight excluding hydrogens is 394 g/mol. The molecule has 0 spiro atoms. The van der Waals surface area contributed by atoms with Crippen molar-refractivity contribution in [3.8, 4) is 11.1 Å². The van der Waals surface area contributed by atoms with Gasteiger partial charge in [0.1, 0.15) is 0 Å².